The summed E-state index contributed by atoms with van der Waals surface area (Å²) in [7, 11) is 0. The minimum atomic E-state index is -6.36. The summed E-state index contributed by atoms with van der Waals surface area (Å²) in [6.45, 7) is 1.53. The molecular formula is C31H31F6N2O7+. The van der Waals surface area contributed by atoms with Crippen LogP contribution in [0.25, 0.3) is 5.57 Å². The number of benzene rings is 2. The van der Waals surface area contributed by atoms with Crippen molar-refractivity contribution in [2.24, 2.45) is 0 Å². The number of alkyl halides is 6. The smallest absolute Gasteiger partial charge is 0.410 e. The topological polar surface area (TPSA) is 127 Å². The van der Waals surface area contributed by atoms with Crippen molar-refractivity contribution in [2.45, 2.75) is 69.1 Å². The predicted molar refractivity (Wildman–Crippen MR) is 151 cm³/mol. The lowest BCUT2D eigenvalue weighted by molar-refractivity contribution is -0.284. The number of hydrogen-bond donors (Lipinski definition) is 3. The number of aryl methyl sites for hydroxylation is 2. The Bertz CT molecular complexity index is 1730. The van der Waals surface area contributed by atoms with Gasteiger partial charge in [-0.2, -0.15) is 26.3 Å². The molecule has 0 unspecified atom stereocenters. The minimum absolute atomic E-state index is 0.133. The Morgan fingerprint density at radius 3 is 2.20 bits per heavy atom. The first-order valence-corrected chi connectivity index (χ1v) is 14.8. The monoisotopic (exact) mass is 657 g/mol. The van der Waals surface area contributed by atoms with Gasteiger partial charge >= 0.3 is 35.7 Å². The Kier molecular flexibility index (Phi) is 8.73. The zero-order valence-electron chi connectivity index (χ0n) is 24.4. The number of carbonyl (C=O) groups is 3. The number of aliphatic carboxylic acids is 3. The molecule has 3 heterocycles. The molecule has 0 fully saturated rings. The molecule has 0 bridgehead atoms. The fourth-order valence-corrected chi connectivity index (χ4v) is 6.34. The Morgan fingerprint density at radius 2 is 1.52 bits per heavy atom. The van der Waals surface area contributed by atoms with Crippen molar-refractivity contribution in [2.75, 3.05) is 31.1 Å². The summed E-state index contributed by atoms with van der Waals surface area (Å²) in [6, 6.07) is 5.02. The summed E-state index contributed by atoms with van der Waals surface area (Å²) in [6.07, 6.45) is 1.91. The highest BCUT2D eigenvalue weighted by Crippen LogP contribution is 2.54. The molecule has 0 radical (unpaired) electrons. The van der Waals surface area contributed by atoms with E-state index in [4.69, 9.17) is 20.1 Å². The van der Waals surface area contributed by atoms with Gasteiger partial charge in [-0.3, -0.25) is 9.59 Å². The molecule has 2 aromatic carbocycles. The highest BCUT2D eigenvalue weighted by molar-refractivity contribution is 5.84. The van der Waals surface area contributed by atoms with E-state index in [1.54, 1.807) is 0 Å². The molecule has 0 aliphatic carbocycles. The second kappa shape index (κ2) is 12.1. The first kappa shape index (κ1) is 33.1. The molecule has 3 N–H and O–H groups in total. The first-order valence-electron chi connectivity index (χ1n) is 14.8. The van der Waals surface area contributed by atoms with Gasteiger partial charge in [0.1, 0.15) is 24.6 Å². The van der Waals surface area contributed by atoms with E-state index in [2.05, 4.69) is 0 Å². The normalized spacial score (nSPS) is 16.2. The van der Waals surface area contributed by atoms with Crippen LogP contribution >= 0.6 is 0 Å². The average Bonchev–Trinajstić information content (AvgIpc) is 2.97. The van der Waals surface area contributed by atoms with Crippen molar-refractivity contribution < 1.29 is 60.8 Å². The average molecular weight is 658 g/mol. The highest BCUT2D eigenvalue weighted by Gasteiger charge is 2.77. The number of nitrogens with zero attached hydrogens (tertiary/aromatic N) is 2. The first-order chi connectivity index (χ1) is 21.6. The molecule has 9 nitrogen and oxygen atoms in total. The summed E-state index contributed by atoms with van der Waals surface area (Å²) >= 11 is 0. The van der Waals surface area contributed by atoms with E-state index in [0.29, 0.717) is 60.9 Å². The summed E-state index contributed by atoms with van der Waals surface area (Å²) in [5.74, 6) is -24.3. The maximum Gasteiger partial charge on any atom is 0.410 e. The molecule has 3 aliphatic rings. The lowest BCUT2D eigenvalue weighted by atomic mass is 9.85. The Hall–Kier alpha value is -4.30. The van der Waals surface area contributed by atoms with Gasteiger partial charge in [-0.15, -0.1) is 0 Å². The summed E-state index contributed by atoms with van der Waals surface area (Å²) in [4.78, 5) is 35.0. The molecule has 46 heavy (non-hydrogen) atoms. The molecule has 0 saturated carbocycles. The van der Waals surface area contributed by atoms with Crippen LogP contribution in [0.15, 0.2) is 24.3 Å². The lowest BCUT2D eigenvalue weighted by Crippen LogP contribution is -2.59. The molecule has 5 rings (SSSR count). The Morgan fingerprint density at radius 1 is 0.848 bits per heavy atom. The molecule has 2 aromatic rings. The second-order valence-electron chi connectivity index (χ2n) is 11.6. The fourth-order valence-electron chi connectivity index (χ4n) is 6.34. The summed E-state index contributed by atoms with van der Waals surface area (Å²) in [5, 5.41) is 26.8. The largest absolute Gasteiger partial charge is 0.481 e. The van der Waals surface area contributed by atoms with Crippen LogP contribution < -0.4 is 24.8 Å². The third-order valence-corrected chi connectivity index (χ3v) is 8.56. The van der Waals surface area contributed by atoms with Gasteiger partial charge in [0.2, 0.25) is 5.36 Å². The zero-order chi connectivity index (χ0) is 33.6. The Balaban J connectivity index is 1.74. The van der Waals surface area contributed by atoms with Gasteiger partial charge in [-0.25, -0.2) is 9.37 Å². The Labute approximate surface area is 258 Å². The third kappa shape index (κ3) is 5.75. The van der Waals surface area contributed by atoms with Gasteiger partial charge in [-0.05, 0) is 43.4 Å². The maximum absolute atomic E-state index is 16.1. The number of anilines is 1. The van der Waals surface area contributed by atoms with Crippen molar-refractivity contribution in [3.05, 3.63) is 51.5 Å². The molecule has 0 aromatic heterocycles. The number of rotatable bonds is 12. The predicted octanol–water partition coefficient (Wildman–Crippen LogP) is 3.90. The molecular weight excluding hydrogens is 626 g/mol. The molecule has 0 atom stereocenters. The van der Waals surface area contributed by atoms with Crippen LogP contribution in [0.4, 0.5) is 32.0 Å². The number of carboxylic acids is 3. The van der Waals surface area contributed by atoms with Crippen LogP contribution in [0.2, 0.25) is 0 Å². The summed E-state index contributed by atoms with van der Waals surface area (Å²) in [5.41, 5.74) is -0.740. The molecule has 0 amide bonds. The van der Waals surface area contributed by atoms with Gasteiger partial charge in [-0.1, -0.05) is 0 Å². The number of hydrogen-bond acceptors (Lipinski definition) is 5. The summed E-state index contributed by atoms with van der Waals surface area (Å²) < 4.78 is 99.0. The van der Waals surface area contributed by atoms with Gasteiger partial charge in [0.05, 0.1) is 12.5 Å². The number of fused-ring (bicyclic) bond motifs is 4. The van der Waals surface area contributed by atoms with Crippen LogP contribution in [-0.4, -0.2) is 77.2 Å². The van der Waals surface area contributed by atoms with E-state index in [-0.39, 0.29) is 50.3 Å². The van der Waals surface area contributed by atoms with Crippen LogP contribution in [0, 0.1) is 0 Å². The number of halogens is 6. The van der Waals surface area contributed by atoms with Gasteiger partial charge in [0.25, 0.3) is 0 Å². The van der Waals surface area contributed by atoms with Crippen molar-refractivity contribution in [3.63, 3.8) is 0 Å². The third-order valence-electron chi connectivity index (χ3n) is 8.56. The van der Waals surface area contributed by atoms with Crippen LogP contribution in [0.1, 0.15) is 55.2 Å². The van der Waals surface area contributed by atoms with E-state index < -0.39 is 52.0 Å². The van der Waals surface area contributed by atoms with Gasteiger partial charge in [0.15, 0.2) is 0 Å². The van der Waals surface area contributed by atoms with Gasteiger partial charge in [0, 0.05) is 66.0 Å². The quantitative estimate of drug-likeness (QED) is 0.232. The van der Waals surface area contributed by atoms with E-state index in [0.717, 1.165) is 0 Å². The van der Waals surface area contributed by atoms with Crippen molar-refractivity contribution >= 4 is 29.2 Å². The SMILES string of the molecule is O=C(O)CCCN1CCCc2cc3c(cc21)Oc1cc2c(cc1=C3C(F)(F)C(F)(F)C(F)(F)C(=O)O)CCC[N+]=2CCCC(=O)O. The standard InChI is InChI=1S/C31H30F6N2O7/c32-29(33,31(36,37)30(34,35)28(44)45)27-19-13-17-5-1-9-38(11-3-7-25(40)41)21(17)15-23(19)46-24-16-22-18(14-20(24)27)6-2-10-39(22)12-4-8-26(42)43/h13-16H,1-12H2,(H2-,40,41,42,43,44,45)/p+1. The van der Waals surface area contributed by atoms with Crippen molar-refractivity contribution in [1.29, 1.82) is 0 Å². The van der Waals surface area contributed by atoms with E-state index in [9.17, 15) is 23.2 Å². The highest BCUT2D eigenvalue weighted by atomic mass is 19.3. The number of ether oxygens (including phenoxy) is 1. The lowest BCUT2D eigenvalue weighted by Gasteiger charge is -2.36. The van der Waals surface area contributed by atoms with E-state index in [1.807, 2.05) is 9.48 Å². The molecule has 0 spiro atoms. The molecule has 248 valence electrons. The fraction of sp³-hybridized carbons (Fsp3) is 0.484. The number of carboxylic acid groups (broad SMARTS) is 3. The molecule has 0 saturated heterocycles. The molecule has 3 aliphatic heterocycles. The van der Waals surface area contributed by atoms with Crippen molar-refractivity contribution in [1.82, 2.24) is 4.58 Å². The van der Waals surface area contributed by atoms with Gasteiger partial charge < -0.3 is 25.0 Å². The molecule has 15 heteroatoms. The van der Waals surface area contributed by atoms with Crippen LogP contribution in [0.3, 0.4) is 0 Å². The maximum atomic E-state index is 16.1. The van der Waals surface area contributed by atoms with Crippen LogP contribution in [0.5, 0.6) is 11.5 Å². The van der Waals surface area contributed by atoms with Crippen LogP contribution in [-0.2, 0) is 27.2 Å². The minimum Gasteiger partial charge on any atom is -0.481 e. The van der Waals surface area contributed by atoms with E-state index >= 15 is 17.6 Å². The van der Waals surface area contributed by atoms with E-state index in [1.165, 1.54) is 24.3 Å². The zero-order valence-corrected chi connectivity index (χ0v) is 24.4. The second-order valence-corrected chi connectivity index (χ2v) is 11.6. The van der Waals surface area contributed by atoms with Crippen molar-refractivity contribution in [3.8, 4) is 11.5 Å².